The van der Waals surface area contributed by atoms with Crippen LogP contribution in [0.2, 0.25) is 5.02 Å². The lowest BCUT2D eigenvalue weighted by atomic mass is 9.86. The summed E-state index contributed by atoms with van der Waals surface area (Å²) in [6, 6.07) is 37.6. The average molecular weight is 729 g/mol. The molecule has 0 bridgehead atoms. The molecule has 52 heavy (non-hydrogen) atoms. The number of ether oxygens (including phenoxy) is 6. The zero-order chi connectivity index (χ0) is 38.1. The van der Waals surface area contributed by atoms with Crippen molar-refractivity contribution < 1.29 is 40.7 Å². The van der Waals surface area contributed by atoms with Gasteiger partial charge in [0.25, 0.3) is 0 Å². The third-order valence-corrected chi connectivity index (χ3v) is 9.22. The Morgan fingerprint density at radius 1 is 0.750 bits per heavy atom. The highest BCUT2D eigenvalue weighted by Crippen LogP contribution is 2.44. The van der Waals surface area contributed by atoms with Gasteiger partial charge in [0.1, 0.15) is 24.4 Å². The summed E-state index contributed by atoms with van der Waals surface area (Å²) in [6.45, 7) is 2.04. The van der Waals surface area contributed by atoms with Crippen LogP contribution in [0.15, 0.2) is 127 Å². The standard InChI is InChI=1S/C43H44ClFO7/c1-3-48-38-22-19-33(24-37(38)45)23-34-25-35(20-21-36(34)44)43(47-2)42(51-29-32-17-11-6-12-18-32)41(50-28-31-15-9-5-10-16-31)40(39(26-46)52-43)49-27-30-13-7-4-8-14-30/h4-22,24-25,39-42,46H,3,23,26-29H2,1-2H3/t39-,40-,41+,42-,43+/m1/s1/i23D2. The van der Waals surface area contributed by atoms with Crippen LogP contribution in [0.4, 0.5) is 4.39 Å². The van der Waals surface area contributed by atoms with Gasteiger partial charge in [-0.1, -0.05) is 115 Å². The Bertz CT molecular complexity index is 1940. The van der Waals surface area contributed by atoms with Crippen LogP contribution < -0.4 is 4.74 Å². The minimum absolute atomic E-state index is 0.0184. The molecular formula is C43H44ClFO7. The van der Waals surface area contributed by atoms with E-state index in [1.165, 1.54) is 25.3 Å². The molecule has 0 radical (unpaired) electrons. The van der Waals surface area contributed by atoms with Crippen molar-refractivity contribution in [2.75, 3.05) is 20.3 Å². The van der Waals surface area contributed by atoms with E-state index in [4.69, 9.17) is 40.0 Å². The lowest BCUT2D eigenvalue weighted by Gasteiger charge is -2.52. The summed E-state index contributed by atoms with van der Waals surface area (Å²) in [4.78, 5) is 0. The molecule has 7 nitrogen and oxygen atoms in total. The maximum atomic E-state index is 15.0. The van der Waals surface area contributed by atoms with E-state index in [0.717, 1.165) is 22.8 Å². The number of hydrogen-bond donors (Lipinski definition) is 1. The molecule has 1 aliphatic rings. The fourth-order valence-electron chi connectivity index (χ4n) is 6.34. The van der Waals surface area contributed by atoms with Gasteiger partial charge in [-0.15, -0.1) is 0 Å². The average Bonchev–Trinajstić information content (AvgIpc) is 3.20. The lowest BCUT2D eigenvalue weighted by molar-refractivity contribution is -0.384. The van der Waals surface area contributed by atoms with E-state index < -0.39 is 49.0 Å². The van der Waals surface area contributed by atoms with E-state index in [1.54, 1.807) is 19.1 Å². The topological polar surface area (TPSA) is 75.6 Å². The SMILES string of the molecule is [2H]C([2H])(c1ccc(OCC)c(F)c1)c1cc([C@]2(OC)O[C@H](CO)[C@@H](OCc3ccccc3)[C@H](OCc3ccccc3)[C@H]2OCc2ccccc2)ccc1Cl. The third kappa shape index (κ3) is 8.90. The number of rotatable bonds is 16. The molecule has 9 heteroatoms. The number of hydrogen-bond acceptors (Lipinski definition) is 7. The van der Waals surface area contributed by atoms with Crippen LogP contribution in [0.5, 0.6) is 5.75 Å². The highest BCUT2D eigenvalue weighted by atomic mass is 35.5. The summed E-state index contributed by atoms with van der Waals surface area (Å²) in [5, 5.41) is 11.0. The smallest absolute Gasteiger partial charge is 0.225 e. The molecule has 1 saturated heterocycles. The van der Waals surface area contributed by atoms with Gasteiger partial charge in [0.15, 0.2) is 11.6 Å². The van der Waals surface area contributed by atoms with E-state index in [1.807, 2.05) is 91.0 Å². The second-order valence-electron chi connectivity index (χ2n) is 12.3. The van der Waals surface area contributed by atoms with Gasteiger partial charge in [0.2, 0.25) is 5.79 Å². The lowest BCUT2D eigenvalue weighted by Crippen LogP contribution is -2.66. The first-order valence-corrected chi connectivity index (χ1v) is 17.6. The molecule has 1 aliphatic heterocycles. The van der Waals surface area contributed by atoms with Crippen molar-refractivity contribution in [3.63, 3.8) is 0 Å². The Kier molecular flexibility index (Phi) is 12.1. The van der Waals surface area contributed by atoms with E-state index >= 15 is 4.39 Å². The monoisotopic (exact) mass is 728 g/mol. The summed E-state index contributed by atoms with van der Waals surface area (Å²) in [5.74, 6) is -2.46. The summed E-state index contributed by atoms with van der Waals surface area (Å²) >= 11 is 6.73. The number of benzene rings is 5. The van der Waals surface area contributed by atoms with Crippen LogP contribution in [0.25, 0.3) is 0 Å². The van der Waals surface area contributed by atoms with Gasteiger partial charge >= 0.3 is 0 Å². The van der Waals surface area contributed by atoms with Gasteiger partial charge in [0, 0.05) is 20.4 Å². The van der Waals surface area contributed by atoms with Crippen LogP contribution in [0.1, 0.15) is 43.0 Å². The number of aliphatic hydroxyl groups excluding tert-OH is 1. The van der Waals surface area contributed by atoms with Crippen molar-refractivity contribution in [1.82, 2.24) is 0 Å². The zero-order valence-corrected chi connectivity index (χ0v) is 29.9. The predicted octanol–water partition coefficient (Wildman–Crippen LogP) is 8.42. The summed E-state index contributed by atoms with van der Waals surface area (Å²) < 4.78 is 72.0. The van der Waals surface area contributed by atoms with Gasteiger partial charge in [-0.05, 0) is 65.4 Å². The first kappa shape index (κ1) is 34.9. The first-order chi connectivity index (χ1) is 26.2. The maximum absolute atomic E-state index is 15.0. The molecule has 1 fully saturated rings. The molecule has 0 saturated carbocycles. The Morgan fingerprint density at radius 3 is 1.87 bits per heavy atom. The largest absolute Gasteiger partial charge is 0.491 e. The molecule has 5 aromatic carbocycles. The minimum atomic E-state index is -2.27. The van der Waals surface area contributed by atoms with Gasteiger partial charge in [0.05, 0.1) is 33.0 Å². The molecule has 5 aromatic rings. The Balaban J connectivity index is 1.46. The van der Waals surface area contributed by atoms with Crippen LogP contribution in [-0.2, 0) is 55.7 Å². The van der Waals surface area contributed by atoms with E-state index in [2.05, 4.69) is 0 Å². The van der Waals surface area contributed by atoms with Crippen LogP contribution in [0.3, 0.4) is 0 Å². The molecule has 1 N–H and O–H groups in total. The van der Waals surface area contributed by atoms with Crippen molar-refractivity contribution >= 4 is 11.6 Å². The fourth-order valence-corrected chi connectivity index (χ4v) is 6.51. The van der Waals surface area contributed by atoms with Gasteiger partial charge in [-0.2, -0.15) is 0 Å². The Labute approximate surface area is 312 Å². The Hall–Kier alpha value is -4.12. The highest BCUT2D eigenvalue weighted by molar-refractivity contribution is 6.31. The number of aliphatic hydroxyl groups is 1. The normalized spacial score (nSPS) is 22.4. The number of methoxy groups -OCH3 is 1. The Morgan fingerprint density at radius 2 is 1.33 bits per heavy atom. The van der Waals surface area contributed by atoms with Crippen molar-refractivity contribution in [1.29, 1.82) is 0 Å². The van der Waals surface area contributed by atoms with Gasteiger partial charge in [-0.3, -0.25) is 0 Å². The second-order valence-corrected chi connectivity index (χ2v) is 12.8. The van der Waals surface area contributed by atoms with E-state index in [0.29, 0.717) is 5.56 Å². The molecule has 0 aliphatic carbocycles. The van der Waals surface area contributed by atoms with Crippen LogP contribution >= 0.6 is 11.6 Å². The molecule has 0 amide bonds. The molecule has 1 heterocycles. The molecule has 0 aromatic heterocycles. The van der Waals surface area contributed by atoms with Crippen molar-refractivity contribution in [3.05, 3.63) is 172 Å². The van der Waals surface area contributed by atoms with Crippen LogP contribution in [0, 0.1) is 5.82 Å². The van der Waals surface area contributed by atoms with E-state index in [-0.39, 0.29) is 48.3 Å². The highest BCUT2D eigenvalue weighted by Gasteiger charge is 2.58. The summed E-state index contributed by atoms with van der Waals surface area (Å²) in [5.41, 5.74) is 3.10. The van der Waals surface area contributed by atoms with Crippen molar-refractivity contribution in [2.24, 2.45) is 0 Å². The maximum Gasteiger partial charge on any atom is 0.225 e. The predicted molar refractivity (Wildman–Crippen MR) is 198 cm³/mol. The van der Waals surface area contributed by atoms with Gasteiger partial charge < -0.3 is 33.5 Å². The molecule has 272 valence electrons. The minimum Gasteiger partial charge on any atom is -0.491 e. The third-order valence-electron chi connectivity index (χ3n) is 8.90. The number of halogens is 2. The van der Waals surface area contributed by atoms with E-state index in [9.17, 15) is 7.85 Å². The molecule has 5 atom stereocenters. The fraction of sp³-hybridized carbons (Fsp3) is 0.302. The zero-order valence-electron chi connectivity index (χ0n) is 31.1. The molecule has 0 spiro atoms. The van der Waals surface area contributed by atoms with Crippen molar-refractivity contribution in [2.45, 2.75) is 63.3 Å². The quantitative estimate of drug-likeness (QED) is 0.109. The second kappa shape index (κ2) is 18.1. The molecule has 6 rings (SSSR count). The van der Waals surface area contributed by atoms with Crippen LogP contribution in [-0.4, -0.2) is 49.8 Å². The van der Waals surface area contributed by atoms with Crippen molar-refractivity contribution in [3.8, 4) is 5.75 Å². The summed E-state index contributed by atoms with van der Waals surface area (Å²) in [6.07, 6.45) is -6.03. The van der Waals surface area contributed by atoms with Gasteiger partial charge in [-0.25, -0.2) is 4.39 Å². The molecule has 0 unspecified atom stereocenters. The summed E-state index contributed by atoms with van der Waals surface area (Å²) in [7, 11) is 1.46. The molecular weight excluding hydrogens is 683 g/mol. The first-order valence-electron chi connectivity index (χ1n) is 18.2.